The molecule has 0 saturated heterocycles. The molecule has 6 nitrogen and oxygen atoms in total. The molecule has 0 aliphatic heterocycles. The monoisotopic (exact) mass is 370 g/mol. The lowest BCUT2D eigenvalue weighted by atomic mass is 10.3. The Balaban J connectivity index is 2.36. The van der Waals surface area contributed by atoms with Crippen LogP contribution in [0.4, 0.5) is 11.5 Å². The lowest BCUT2D eigenvalue weighted by Gasteiger charge is -2.12. The van der Waals surface area contributed by atoms with Gasteiger partial charge in [-0.1, -0.05) is 0 Å². The van der Waals surface area contributed by atoms with Crippen molar-refractivity contribution in [1.29, 1.82) is 0 Å². The molecule has 0 saturated carbocycles. The molecule has 112 valence electrons. The summed E-state index contributed by atoms with van der Waals surface area (Å²) in [4.78, 5) is 8.02. The van der Waals surface area contributed by atoms with Gasteiger partial charge in [-0.25, -0.2) is 13.4 Å². The van der Waals surface area contributed by atoms with Gasteiger partial charge < -0.3 is 5.32 Å². The molecule has 0 aromatic carbocycles. The molecule has 2 rings (SSSR count). The highest BCUT2D eigenvalue weighted by molar-refractivity contribution is 9.10. The van der Waals surface area contributed by atoms with Crippen molar-refractivity contribution in [3.8, 4) is 0 Å². The molecule has 2 aromatic heterocycles. The Labute approximate surface area is 132 Å². The SMILES string of the molecule is CCNc1ccncc1S(=O)(=O)Nc1cc(C)c(Br)cn1. The summed E-state index contributed by atoms with van der Waals surface area (Å²) in [5.41, 5.74) is 1.40. The molecule has 0 spiro atoms. The summed E-state index contributed by atoms with van der Waals surface area (Å²) < 4.78 is 28.2. The van der Waals surface area contributed by atoms with Crippen LogP contribution < -0.4 is 10.0 Å². The van der Waals surface area contributed by atoms with E-state index in [1.165, 1.54) is 6.20 Å². The summed E-state index contributed by atoms with van der Waals surface area (Å²) >= 11 is 3.33. The van der Waals surface area contributed by atoms with Crippen LogP contribution in [0.3, 0.4) is 0 Å². The fourth-order valence-electron chi connectivity index (χ4n) is 1.72. The Morgan fingerprint density at radius 1 is 1.33 bits per heavy atom. The molecule has 0 radical (unpaired) electrons. The summed E-state index contributed by atoms with van der Waals surface area (Å²) in [6, 6.07) is 3.28. The standard InChI is InChI=1S/C13H15BrN4O2S/c1-3-16-11-4-5-15-8-12(11)21(19,20)18-13-6-9(2)10(14)7-17-13/h4-8H,3H2,1-2H3,(H,15,16)(H,17,18). The second-order valence-electron chi connectivity index (χ2n) is 4.33. The molecule has 8 heteroatoms. The third-order valence-corrected chi connectivity index (χ3v) is 4.94. The number of halogens is 1. The predicted octanol–water partition coefficient (Wildman–Crippen LogP) is 2.78. The van der Waals surface area contributed by atoms with Crippen molar-refractivity contribution in [1.82, 2.24) is 9.97 Å². The minimum absolute atomic E-state index is 0.0919. The minimum atomic E-state index is -3.75. The lowest BCUT2D eigenvalue weighted by Crippen LogP contribution is -2.16. The van der Waals surface area contributed by atoms with Gasteiger partial charge in [0.05, 0.1) is 5.69 Å². The number of anilines is 2. The Morgan fingerprint density at radius 2 is 2.10 bits per heavy atom. The highest BCUT2D eigenvalue weighted by Crippen LogP contribution is 2.23. The number of hydrogen-bond donors (Lipinski definition) is 2. The van der Waals surface area contributed by atoms with E-state index in [0.29, 0.717) is 12.2 Å². The third-order valence-electron chi connectivity index (χ3n) is 2.73. The molecule has 2 heterocycles. The molecule has 0 aliphatic carbocycles. The van der Waals surface area contributed by atoms with Crippen LogP contribution in [-0.2, 0) is 10.0 Å². The molecule has 0 unspecified atom stereocenters. The molecule has 0 aliphatic rings. The van der Waals surface area contributed by atoms with Gasteiger partial charge >= 0.3 is 0 Å². The normalized spacial score (nSPS) is 11.2. The van der Waals surface area contributed by atoms with Crippen molar-refractivity contribution in [2.45, 2.75) is 18.7 Å². The fraction of sp³-hybridized carbons (Fsp3) is 0.231. The van der Waals surface area contributed by atoms with E-state index in [1.807, 2.05) is 13.8 Å². The zero-order valence-electron chi connectivity index (χ0n) is 11.6. The predicted molar refractivity (Wildman–Crippen MR) is 85.9 cm³/mol. The molecule has 0 amide bonds. The van der Waals surface area contributed by atoms with E-state index < -0.39 is 10.0 Å². The van der Waals surface area contributed by atoms with Crippen LogP contribution >= 0.6 is 15.9 Å². The zero-order valence-corrected chi connectivity index (χ0v) is 14.0. The van der Waals surface area contributed by atoms with Crippen molar-refractivity contribution in [2.24, 2.45) is 0 Å². The van der Waals surface area contributed by atoms with Crippen LogP contribution in [0.1, 0.15) is 12.5 Å². The van der Waals surface area contributed by atoms with Crippen LogP contribution in [0.2, 0.25) is 0 Å². The second-order valence-corrected chi connectivity index (χ2v) is 6.83. The smallest absolute Gasteiger partial charge is 0.266 e. The van der Waals surface area contributed by atoms with Crippen LogP contribution in [0.5, 0.6) is 0 Å². The third kappa shape index (κ3) is 3.70. The second kappa shape index (κ2) is 6.40. The number of pyridine rings is 2. The van der Waals surface area contributed by atoms with E-state index >= 15 is 0 Å². The molecular weight excluding hydrogens is 356 g/mol. The summed E-state index contributed by atoms with van der Waals surface area (Å²) in [6.07, 6.45) is 4.41. The molecule has 2 aromatic rings. The molecule has 0 bridgehead atoms. The Bertz CT molecular complexity index is 750. The first kappa shape index (κ1) is 15.7. The first-order valence-corrected chi connectivity index (χ1v) is 8.54. The van der Waals surface area contributed by atoms with Crippen molar-refractivity contribution in [3.05, 3.63) is 40.8 Å². The quantitative estimate of drug-likeness (QED) is 0.845. The number of sulfonamides is 1. The molecular formula is C13H15BrN4O2S. The highest BCUT2D eigenvalue weighted by Gasteiger charge is 2.19. The average molecular weight is 371 g/mol. The molecule has 21 heavy (non-hydrogen) atoms. The maximum atomic E-state index is 12.5. The highest BCUT2D eigenvalue weighted by atomic mass is 79.9. The van der Waals surface area contributed by atoms with E-state index in [-0.39, 0.29) is 10.7 Å². The summed E-state index contributed by atoms with van der Waals surface area (Å²) in [7, 11) is -3.75. The summed E-state index contributed by atoms with van der Waals surface area (Å²) in [5, 5.41) is 3.00. The topological polar surface area (TPSA) is 84.0 Å². The van der Waals surface area contributed by atoms with E-state index in [0.717, 1.165) is 10.0 Å². The Morgan fingerprint density at radius 3 is 2.76 bits per heavy atom. The van der Waals surface area contributed by atoms with Gasteiger partial charge in [0.25, 0.3) is 10.0 Å². The summed E-state index contributed by atoms with van der Waals surface area (Å²) in [6.45, 7) is 4.36. The van der Waals surface area contributed by atoms with Crippen LogP contribution in [0.15, 0.2) is 40.1 Å². The Hall–Kier alpha value is -1.67. The maximum Gasteiger partial charge on any atom is 0.266 e. The van der Waals surface area contributed by atoms with Crippen molar-refractivity contribution < 1.29 is 8.42 Å². The van der Waals surface area contributed by atoms with Crippen LogP contribution in [-0.4, -0.2) is 24.9 Å². The number of aromatic nitrogens is 2. The van der Waals surface area contributed by atoms with Crippen molar-refractivity contribution in [2.75, 3.05) is 16.6 Å². The van der Waals surface area contributed by atoms with Crippen molar-refractivity contribution in [3.63, 3.8) is 0 Å². The number of rotatable bonds is 5. The number of aryl methyl sites for hydroxylation is 1. The van der Waals surface area contributed by atoms with E-state index in [2.05, 4.69) is 35.9 Å². The van der Waals surface area contributed by atoms with Crippen LogP contribution in [0, 0.1) is 6.92 Å². The van der Waals surface area contributed by atoms with Gasteiger partial charge in [-0.15, -0.1) is 0 Å². The van der Waals surface area contributed by atoms with Crippen molar-refractivity contribution >= 4 is 37.5 Å². The van der Waals surface area contributed by atoms with Gasteiger partial charge in [-0.2, -0.15) is 0 Å². The molecule has 0 fully saturated rings. The number of nitrogens with one attached hydrogen (secondary N) is 2. The van der Waals surface area contributed by atoms with Gasteiger partial charge in [0.15, 0.2) is 0 Å². The van der Waals surface area contributed by atoms with Gasteiger partial charge in [-0.3, -0.25) is 9.71 Å². The minimum Gasteiger partial charge on any atom is -0.384 e. The summed E-state index contributed by atoms with van der Waals surface area (Å²) in [5.74, 6) is 0.266. The van der Waals surface area contributed by atoms with Gasteiger partial charge in [0.1, 0.15) is 10.7 Å². The molecule has 0 atom stereocenters. The molecule has 2 N–H and O–H groups in total. The van der Waals surface area contributed by atoms with Gasteiger partial charge in [0.2, 0.25) is 0 Å². The van der Waals surface area contributed by atoms with E-state index in [1.54, 1.807) is 24.5 Å². The fourth-order valence-corrected chi connectivity index (χ4v) is 3.06. The Kier molecular flexibility index (Phi) is 4.79. The van der Waals surface area contributed by atoms with Gasteiger partial charge in [0, 0.05) is 29.6 Å². The van der Waals surface area contributed by atoms with E-state index in [9.17, 15) is 8.42 Å². The average Bonchev–Trinajstić information content (AvgIpc) is 2.43. The van der Waals surface area contributed by atoms with Gasteiger partial charge in [-0.05, 0) is 47.5 Å². The van der Waals surface area contributed by atoms with E-state index in [4.69, 9.17) is 0 Å². The number of hydrogen-bond acceptors (Lipinski definition) is 5. The van der Waals surface area contributed by atoms with Crippen LogP contribution in [0.25, 0.3) is 0 Å². The lowest BCUT2D eigenvalue weighted by molar-refractivity contribution is 0.601. The first-order valence-electron chi connectivity index (χ1n) is 6.27. The largest absolute Gasteiger partial charge is 0.384 e. The first-order chi connectivity index (χ1) is 9.94. The number of nitrogens with zero attached hydrogens (tertiary/aromatic N) is 2. The maximum absolute atomic E-state index is 12.5. The zero-order chi connectivity index (χ0) is 15.5.